The molecule has 4 aromatic rings. The van der Waals surface area contributed by atoms with Crippen molar-refractivity contribution >= 4 is 46.4 Å². The highest BCUT2D eigenvalue weighted by atomic mass is 32.2. The van der Waals surface area contributed by atoms with E-state index in [2.05, 4.69) is 69.1 Å². The molecule has 6 rings (SSSR count). The Morgan fingerprint density at radius 1 is 0.621 bits per heavy atom. The maximum absolute atomic E-state index is 11.0. The Hall–Kier alpha value is -3.16. The average Bonchev–Trinajstić information content (AvgIpc) is 2.76. The van der Waals surface area contributed by atoms with E-state index in [1.54, 1.807) is 18.0 Å². The summed E-state index contributed by atoms with van der Waals surface area (Å²) in [6.45, 7) is 0. The Kier molecular flexibility index (Phi) is 4.75. The predicted molar refractivity (Wildman–Crippen MR) is 119 cm³/mol. The van der Waals surface area contributed by atoms with Gasteiger partial charge in [0.2, 0.25) is 0 Å². The molecule has 0 fully saturated rings. The van der Waals surface area contributed by atoms with Gasteiger partial charge in [-0.05, 0) is 36.4 Å². The summed E-state index contributed by atoms with van der Waals surface area (Å²) in [4.78, 5) is 22.1. The summed E-state index contributed by atoms with van der Waals surface area (Å²) >= 11 is 3.42. The third-order valence-corrected chi connectivity index (χ3v) is 6.66. The first-order chi connectivity index (χ1) is 14.3. The Balaban J connectivity index is 0.000000125. The number of hydrogen-bond acceptors (Lipinski definition) is 6. The van der Waals surface area contributed by atoms with Crippen molar-refractivity contribution in [3.05, 3.63) is 89.5 Å². The van der Waals surface area contributed by atoms with Gasteiger partial charge in [0.15, 0.2) is 0 Å². The van der Waals surface area contributed by atoms with Gasteiger partial charge in [-0.15, -0.1) is 0 Å². The Bertz CT molecular complexity index is 1170. The lowest BCUT2D eigenvalue weighted by molar-refractivity contribution is 1.02. The standard InChI is InChI=1S/C12H9NS.C10H7N3OS/c1-3-7-11-9(5-1)13-10-6-2-4-8-12(10)14-11;14-10-11-5-8-9(13-10)12-6-3-1-2-4-7(6)15-8/h1-8,13H;1-5H,(H2,11,12,13,14). The van der Waals surface area contributed by atoms with Gasteiger partial charge in [-0.3, -0.25) is 4.98 Å². The van der Waals surface area contributed by atoms with Crippen LogP contribution in [-0.4, -0.2) is 9.97 Å². The third kappa shape index (κ3) is 3.74. The Labute approximate surface area is 176 Å². The third-order valence-electron chi connectivity index (χ3n) is 4.41. The monoisotopic (exact) mass is 416 g/mol. The molecule has 2 aliphatic rings. The second kappa shape index (κ2) is 7.69. The molecule has 3 aromatic carbocycles. The zero-order chi connectivity index (χ0) is 19.6. The lowest BCUT2D eigenvalue weighted by Crippen LogP contribution is -2.14. The first kappa shape index (κ1) is 17.9. The first-order valence-electron chi connectivity index (χ1n) is 9.02. The van der Waals surface area contributed by atoms with Crippen molar-refractivity contribution in [1.82, 2.24) is 9.97 Å². The van der Waals surface area contributed by atoms with Crippen LogP contribution in [0, 0.1) is 0 Å². The minimum absolute atomic E-state index is 0.332. The summed E-state index contributed by atoms with van der Waals surface area (Å²) < 4.78 is 0. The van der Waals surface area contributed by atoms with Crippen LogP contribution in [0.1, 0.15) is 0 Å². The van der Waals surface area contributed by atoms with Crippen LogP contribution in [0.5, 0.6) is 0 Å². The zero-order valence-electron chi connectivity index (χ0n) is 15.2. The van der Waals surface area contributed by atoms with Gasteiger partial charge in [0.1, 0.15) is 5.82 Å². The molecule has 3 heterocycles. The van der Waals surface area contributed by atoms with E-state index >= 15 is 0 Å². The molecule has 0 spiro atoms. The maximum atomic E-state index is 11.0. The molecule has 5 nitrogen and oxygen atoms in total. The first-order valence-corrected chi connectivity index (χ1v) is 10.7. The molecular formula is C22H16N4OS2. The van der Waals surface area contributed by atoms with Crippen molar-refractivity contribution < 1.29 is 0 Å². The number of nitrogens with zero attached hydrogens (tertiary/aromatic N) is 1. The molecule has 0 atom stereocenters. The van der Waals surface area contributed by atoms with E-state index < -0.39 is 0 Å². The van der Waals surface area contributed by atoms with E-state index in [1.807, 2.05) is 36.0 Å². The highest BCUT2D eigenvalue weighted by Crippen LogP contribution is 2.43. The summed E-state index contributed by atoms with van der Waals surface area (Å²) in [6, 6.07) is 24.7. The fraction of sp³-hybridized carbons (Fsp3) is 0. The van der Waals surface area contributed by atoms with Crippen molar-refractivity contribution in [1.29, 1.82) is 0 Å². The summed E-state index contributed by atoms with van der Waals surface area (Å²) in [5.74, 6) is 0.721. The Morgan fingerprint density at radius 3 is 1.69 bits per heavy atom. The van der Waals surface area contributed by atoms with Gasteiger partial charge in [0, 0.05) is 14.7 Å². The quantitative estimate of drug-likeness (QED) is 0.288. The van der Waals surface area contributed by atoms with E-state index in [9.17, 15) is 4.79 Å². The van der Waals surface area contributed by atoms with E-state index in [-0.39, 0.29) is 5.69 Å². The maximum Gasteiger partial charge on any atom is 0.346 e. The molecule has 142 valence electrons. The molecule has 0 radical (unpaired) electrons. The molecule has 0 saturated carbocycles. The number of aromatic nitrogens is 2. The van der Waals surface area contributed by atoms with Crippen molar-refractivity contribution in [2.75, 3.05) is 10.6 Å². The number of aromatic amines is 1. The van der Waals surface area contributed by atoms with Crippen LogP contribution in [0.15, 0.2) is 103 Å². The molecule has 0 bridgehead atoms. The number of anilines is 4. The number of para-hydroxylation sites is 3. The molecule has 0 amide bonds. The second-order valence-corrected chi connectivity index (χ2v) is 8.54. The van der Waals surface area contributed by atoms with Gasteiger partial charge < -0.3 is 10.6 Å². The number of rotatable bonds is 0. The zero-order valence-corrected chi connectivity index (χ0v) is 16.8. The van der Waals surface area contributed by atoms with Crippen molar-refractivity contribution in [2.45, 2.75) is 19.6 Å². The predicted octanol–water partition coefficient (Wildman–Crippen LogP) is 5.87. The lowest BCUT2D eigenvalue weighted by atomic mass is 10.2. The fourth-order valence-corrected chi connectivity index (χ4v) is 4.96. The van der Waals surface area contributed by atoms with Gasteiger partial charge in [0.05, 0.1) is 28.2 Å². The van der Waals surface area contributed by atoms with Gasteiger partial charge in [0.25, 0.3) is 0 Å². The average molecular weight is 417 g/mol. The van der Waals surface area contributed by atoms with Crippen LogP contribution in [0.2, 0.25) is 0 Å². The van der Waals surface area contributed by atoms with Gasteiger partial charge in [-0.25, -0.2) is 9.78 Å². The molecule has 1 aromatic heterocycles. The van der Waals surface area contributed by atoms with Crippen LogP contribution in [0.4, 0.5) is 22.9 Å². The summed E-state index contributed by atoms with van der Waals surface area (Å²) in [5, 5.41) is 6.58. The molecule has 0 aliphatic carbocycles. The number of fused-ring (bicyclic) bond motifs is 4. The van der Waals surface area contributed by atoms with Crippen molar-refractivity contribution in [3.8, 4) is 0 Å². The lowest BCUT2D eigenvalue weighted by Gasteiger charge is -2.19. The fourth-order valence-electron chi connectivity index (χ4n) is 3.05. The van der Waals surface area contributed by atoms with Crippen molar-refractivity contribution in [3.63, 3.8) is 0 Å². The molecular weight excluding hydrogens is 400 g/mol. The minimum atomic E-state index is -0.332. The molecule has 29 heavy (non-hydrogen) atoms. The summed E-state index contributed by atoms with van der Waals surface area (Å²) in [5.41, 5.74) is 3.09. The molecule has 3 N–H and O–H groups in total. The van der Waals surface area contributed by atoms with Gasteiger partial charge in [-0.1, -0.05) is 59.9 Å². The Morgan fingerprint density at radius 2 is 1.10 bits per heavy atom. The minimum Gasteiger partial charge on any atom is -0.354 e. The highest BCUT2D eigenvalue weighted by molar-refractivity contribution is 8.00. The smallest absolute Gasteiger partial charge is 0.346 e. The summed E-state index contributed by atoms with van der Waals surface area (Å²) in [6.07, 6.45) is 1.59. The largest absolute Gasteiger partial charge is 0.354 e. The van der Waals surface area contributed by atoms with Crippen LogP contribution < -0.4 is 16.3 Å². The van der Waals surface area contributed by atoms with E-state index in [0.29, 0.717) is 0 Å². The van der Waals surface area contributed by atoms with E-state index in [1.165, 1.54) is 21.2 Å². The number of nitrogens with one attached hydrogen (secondary N) is 3. The van der Waals surface area contributed by atoms with Crippen LogP contribution >= 0.6 is 23.5 Å². The number of benzene rings is 3. The topological polar surface area (TPSA) is 69.8 Å². The molecule has 0 unspecified atom stereocenters. The molecule has 2 aliphatic heterocycles. The van der Waals surface area contributed by atoms with Crippen LogP contribution in [0.25, 0.3) is 0 Å². The number of H-pyrrole nitrogens is 1. The van der Waals surface area contributed by atoms with E-state index in [0.717, 1.165) is 21.3 Å². The van der Waals surface area contributed by atoms with E-state index in [4.69, 9.17) is 0 Å². The molecule has 0 saturated heterocycles. The highest BCUT2D eigenvalue weighted by Gasteiger charge is 2.15. The van der Waals surface area contributed by atoms with Crippen LogP contribution in [0.3, 0.4) is 0 Å². The van der Waals surface area contributed by atoms with Crippen LogP contribution in [-0.2, 0) is 0 Å². The summed E-state index contributed by atoms with van der Waals surface area (Å²) in [7, 11) is 0. The number of hydrogen-bond donors (Lipinski definition) is 3. The molecule has 7 heteroatoms. The van der Waals surface area contributed by atoms with Crippen molar-refractivity contribution in [2.24, 2.45) is 0 Å². The van der Waals surface area contributed by atoms with Gasteiger partial charge >= 0.3 is 5.69 Å². The second-order valence-electron chi connectivity index (χ2n) is 6.37. The SMILES string of the molecule is O=c1ncc2c([nH]1)Nc1ccccc1S2.c1ccc2c(c1)Nc1ccccc1S2. The van der Waals surface area contributed by atoms with Gasteiger partial charge in [-0.2, -0.15) is 0 Å². The normalized spacial score (nSPS) is 12.6.